The highest BCUT2D eigenvalue weighted by molar-refractivity contribution is 7.99. The molecule has 2 heterocycles. The maximum atomic E-state index is 12.3. The first kappa shape index (κ1) is 14.9. The Hall–Kier alpha value is -1.00. The minimum absolute atomic E-state index is 0.0620. The van der Waals surface area contributed by atoms with E-state index in [-0.39, 0.29) is 12.1 Å². The Bertz CT molecular complexity index is 526. The molecular formula is C17H24N2OS. The molecule has 0 spiro atoms. The first-order chi connectivity index (χ1) is 10.1. The Kier molecular flexibility index (Phi) is 4.55. The van der Waals surface area contributed by atoms with Gasteiger partial charge < -0.3 is 4.90 Å². The number of carbonyl (C=O) groups excluding carboxylic acids is 1. The molecule has 0 aliphatic carbocycles. The maximum Gasteiger partial charge on any atom is 0.238 e. The van der Waals surface area contributed by atoms with Crippen molar-refractivity contribution >= 4 is 17.7 Å². The quantitative estimate of drug-likeness (QED) is 0.932. The summed E-state index contributed by atoms with van der Waals surface area (Å²) in [7, 11) is 0. The number of amides is 1. The number of aryl methyl sites for hydroxylation is 2. The molecule has 4 heteroatoms. The van der Waals surface area contributed by atoms with Crippen LogP contribution in [0, 0.1) is 19.8 Å². The van der Waals surface area contributed by atoms with Crippen LogP contribution in [-0.2, 0) is 4.79 Å². The highest BCUT2D eigenvalue weighted by atomic mass is 32.2. The van der Waals surface area contributed by atoms with Crippen LogP contribution in [0.25, 0.3) is 0 Å². The standard InChI is InChI=1S/C17H24N2OS/c1-12-3-4-13(2)15(9-12)17-18-10-16(20)19(17)11-14-5-7-21-8-6-14/h3-4,9,14,17-18H,5-8,10-11H2,1-2H3. The molecule has 3 nitrogen and oxygen atoms in total. The Morgan fingerprint density at radius 3 is 2.81 bits per heavy atom. The summed E-state index contributed by atoms with van der Waals surface area (Å²) in [6, 6.07) is 6.51. The van der Waals surface area contributed by atoms with Crippen LogP contribution in [0.15, 0.2) is 18.2 Å². The summed E-state index contributed by atoms with van der Waals surface area (Å²) >= 11 is 2.04. The van der Waals surface area contributed by atoms with Crippen LogP contribution in [0.1, 0.15) is 35.7 Å². The van der Waals surface area contributed by atoms with Crippen LogP contribution in [0.5, 0.6) is 0 Å². The molecule has 3 rings (SSSR count). The van der Waals surface area contributed by atoms with Crippen molar-refractivity contribution in [1.29, 1.82) is 0 Å². The number of rotatable bonds is 3. The van der Waals surface area contributed by atoms with Gasteiger partial charge in [0.15, 0.2) is 0 Å². The number of hydrogen-bond acceptors (Lipinski definition) is 3. The van der Waals surface area contributed by atoms with E-state index >= 15 is 0 Å². The van der Waals surface area contributed by atoms with Crippen molar-refractivity contribution in [2.45, 2.75) is 32.9 Å². The molecule has 1 atom stereocenters. The minimum Gasteiger partial charge on any atom is -0.322 e. The summed E-state index contributed by atoms with van der Waals surface area (Å²) in [5.41, 5.74) is 3.77. The predicted molar refractivity (Wildman–Crippen MR) is 88.4 cm³/mol. The number of nitrogens with zero attached hydrogens (tertiary/aromatic N) is 1. The average molecular weight is 304 g/mol. The smallest absolute Gasteiger partial charge is 0.238 e. The second kappa shape index (κ2) is 6.41. The van der Waals surface area contributed by atoms with E-state index in [4.69, 9.17) is 0 Å². The molecule has 1 amide bonds. The molecule has 2 saturated heterocycles. The minimum atomic E-state index is 0.0620. The monoisotopic (exact) mass is 304 g/mol. The lowest BCUT2D eigenvalue weighted by Gasteiger charge is -2.31. The SMILES string of the molecule is Cc1ccc(C)c(C2NCC(=O)N2CC2CCSCC2)c1. The van der Waals surface area contributed by atoms with Crippen molar-refractivity contribution in [3.8, 4) is 0 Å². The number of benzene rings is 1. The van der Waals surface area contributed by atoms with E-state index in [2.05, 4.69) is 42.3 Å². The Labute approximate surface area is 131 Å². The third-order valence-corrected chi connectivity index (χ3v) is 5.65. The van der Waals surface area contributed by atoms with Crippen molar-refractivity contribution in [2.75, 3.05) is 24.6 Å². The molecule has 2 fully saturated rings. The normalized spacial score (nSPS) is 23.8. The topological polar surface area (TPSA) is 32.3 Å². The molecule has 0 saturated carbocycles. The summed E-state index contributed by atoms with van der Waals surface area (Å²) in [6.45, 7) is 5.63. The van der Waals surface area contributed by atoms with Crippen molar-refractivity contribution in [2.24, 2.45) is 5.92 Å². The fourth-order valence-electron chi connectivity index (χ4n) is 3.29. The highest BCUT2D eigenvalue weighted by Crippen LogP contribution is 2.30. The van der Waals surface area contributed by atoms with Crippen molar-refractivity contribution in [3.63, 3.8) is 0 Å². The fourth-order valence-corrected chi connectivity index (χ4v) is 4.49. The van der Waals surface area contributed by atoms with Gasteiger partial charge in [-0.25, -0.2) is 0 Å². The lowest BCUT2D eigenvalue weighted by atomic mass is 9.99. The zero-order valence-corrected chi connectivity index (χ0v) is 13.7. The fraction of sp³-hybridized carbons (Fsp3) is 0.588. The number of hydrogen-bond donors (Lipinski definition) is 1. The van der Waals surface area contributed by atoms with E-state index in [0.29, 0.717) is 12.5 Å². The van der Waals surface area contributed by atoms with E-state index in [1.807, 2.05) is 11.8 Å². The van der Waals surface area contributed by atoms with Crippen LogP contribution in [0.3, 0.4) is 0 Å². The molecule has 114 valence electrons. The van der Waals surface area contributed by atoms with Gasteiger partial charge in [-0.15, -0.1) is 0 Å². The zero-order chi connectivity index (χ0) is 14.8. The first-order valence-corrected chi connectivity index (χ1v) is 8.98. The number of carbonyl (C=O) groups is 1. The van der Waals surface area contributed by atoms with E-state index in [1.54, 1.807) is 0 Å². The van der Waals surface area contributed by atoms with E-state index in [1.165, 1.54) is 41.0 Å². The molecule has 0 radical (unpaired) electrons. The van der Waals surface area contributed by atoms with E-state index < -0.39 is 0 Å². The van der Waals surface area contributed by atoms with Gasteiger partial charge in [-0.2, -0.15) is 11.8 Å². The van der Waals surface area contributed by atoms with Crippen LogP contribution in [0.4, 0.5) is 0 Å². The van der Waals surface area contributed by atoms with Gasteiger partial charge in [0.25, 0.3) is 0 Å². The summed E-state index contributed by atoms with van der Waals surface area (Å²) < 4.78 is 0. The molecule has 2 aliphatic heterocycles. The third-order valence-electron chi connectivity index (χ3n) is 4.60. The van der Waals surface area contributed by atoms with E-state index in [0.717, 1.165) is 6.54 Å². The van der Waals surface area contributed by atoms with Crippen molar-refractivity contribution in [3.05, 3.63) is 34.9 Å². The van der Waals surface area contributed by atoms with Gasteiger partial charge in [0.2, 0.25) is 5.91 Å². The molecule has 1 unspecified atom stereocenters. The number of nitrogens with one attached hydrogen (secondary N) is 1. The first-order valence-electron chi connectivity index (χ1n) is 7.83. The second-order valence-electron chi connectivity index (χ2n) is 6.25. The second-order valence-corrected chi connectivity index (χ2v) is 7.47. The van der Waals surface area contributed by atoms with E-state index in [9.17, 15) is 4.79 Å². The van der Waals surface area contributed by atoms with Crippen LogP contribution in [-0.4, -0.2) is 35.4 Å². The molecule has 0 aromatic heterocycles. The van der Waals surface area contributed by atoms with Gasteiger partial charge in [0.05, 0.1) is 6.54 Å². The van der Waals surface area contributed by atoms with Crippen LogP contribution in [0.2, 0.25) is 0 Å². The molecule has 2 aliphatic rings. The summed E-state index contributed by atoms with van der Waals surface area (Å²) in [4.78, 5) is 14.4. The third kappa shape index (κ3) is 3.27. The zero-order valence-electron chi connectivity index (χ0n) is 12.9. The average Bonchev–Trinajstić information content (AvgIpc) is 2.84. The molecule has 1 N–H and O–H groups in total. The summed E-state index contributed by atoms with van der Waals surface area (Å²) in [6.07, 6.45) is 2.55. The summed E-state index contributed by atoms with van der Waals surface area (Å²) in [5.74, 6) is 3.41. The molecule has 1 aromatic carbocycles. The van der Waals surface area contributed by atoms with Gasteiger partial charge in [0, 0.05) is 6.54 Å². The summed E-state index contributed by atoms with van der Waals surface area (Å²) in [5, 5.41) is 3.40. The van der Waals surface area contributed by atoms with Gasteiger partial charge >= 0.3 is 0 Å². The van der Waals surface area contributed by atoms with Crippen molar-refractivity contribution < 1.29 is 4.79 Å². The number of thioether (sulfide) groups is 1. The molecule has 1 aromatic rings. The lowest BCUT2D eigenvalue weighted by molar-refractivity contribution is -0.128. The van der Waals surface area contributed by atoms with Gasteiger partial charge in [-0.1, -0.05) is 23.8 Å². The maximum absolute atomic E-state index is 12.3. The lowest BCUT2D eigenvalue weighted by Crippen LogP contribution is -2.36. The van der Waals surface area contributed by atoms with Gasteiger partial charge in [0.1, 0.15) is 6.17 Å². The van der Waals surface area contributed by atoms with Gasteiger partial charge in [-0.05, 0) is 55.2 Å². The predicted octanol–water partition coefficient (Wildman–Crippen LogP) is 2.88. The largest absolute Gasteiger partial charge is 0.322 e. The van der Waals surface area contributed by atoms with Crippen LogP contribution < -0.4 is 5.32 Å². The molecular weight excluding hydrogens is 280 g/mol. The Balaban J connectivity index is 1.79. The van der Waals surface area contributed by atoms with Gasteiger partial charge in [-0.3, -0.25) is 10.1 Å². The highest BCUT2D eigenvalue weighted by Gasteiger charge is 2.34. The van der Waals surface area contributed by atoms with Crippen molar-refractivity contribution in [1.82, 2.24) is 10.2 Å². The Morgan fingerprint density at radius 2 is 2.05 bits per heavy atom. The molecule has 21 heavy (non-hydrogen) atoms. The Morgan fingerprint density at radius 1 is 1.29 bits per heavy atom. The molecule has 0 bridgehead atoms. The van der Waals surface area contributed by atoms with Crippen LogP contribution >= 0.6 is 11.8 Å².